The molecule has 0 radical (unpaired) electrons. The first kappa shape index (κ1) is 28.3. The molecule has 1 atom stereocenters. The Balaban J connectivity index is 1.59. The van der Waals surface area contributed by atoms with Gasteiger partial charge in [0.1, 0.15) is 11.3 Å². The molecule has 1 amide bonds. The highest BCUT2D eigenvalue weighted by Gasteiger charge is 2.43. The van der Waals surface area contributed by atoms with Crippen molar-refractivity contribution in [2.45, 2.75) is 59.0 Å². The highest BCUT2D eigenvalue weighted by molar-refractivity contribution is 5.99. The molecule has 1 aliphatic heterocycles. The molecule has 0 N–H and O–H groups in total. The van der Waals surface area contributed by atoms with Gasteiger partial charge < -0.3 is 23.5 Å². The minimum atomic E-state index is -0.658. The second-order valence-electron chi connectivity index (χ2n) is 10.6. The van der Waals surface area contributed by atoms with E-state index in [2.05, 4.69) is 6.92 Å². The van der Waals surface area contributed by atoms with E-state index >= 15 is 0 Å². The lowest BCUT2D eigenvalue weighted by Gasteiger charge is -2.26. The summed E-state index contributed by atoms with van der Waals surface area (Å²) in [6.07, 6.45) is 4.41. The number of carbonyl (C=O) groups excluding carboxylic acids is 1. The lowest BCUT2D eigenvalue weighted by molar-refractivity contribution is 0.0714. The third-order valence-corrected chi connectivity index (χ3v) is 7.85. The molecule has 2 heterocycles. The maximum atomic E-state index is 14.0. The van der Waals surface area contributed by atoms with Crippen molar-refractivity contribution in [3.05, 3.63) is 98.4 Å². The van der Waals surface area contributed by atoms with Crippen LogP contribution in [-0.4, -0.2) is 31.6 Å². The molecular formula is C34H37NO6. The normalized spacial score (nSPS) is 14.4. The fourth-order valence-electron chi connectivity index (χ4n) is 5.40. The van der Waals surface area contributed by atoms with E-state index in [1.54, 1.807) is 19.1 Å². The quantitative estimate of drug-likeness (QED) is 0.183. The van der Waals surface area contributed by atoms with E-state index in [1.165, 1.54) is 6.42 Å². The number of ether oxygens (including phenoxy) is 3. The zero-order valence-electron chi connectivity index (χ0n) is 24.4. The molecule has 0 aliphatic carbocycles. The molecule has 5 rings (SSSR count). The molecule has 7 heteroatoms. The number of methoxy groups -OCH3 is 2. The van der Waals surface area contributed by atoms with Gasteiger partial charge in [-0.25, -0.2) is 0 Å². The number of unbranched alkanes of at least 4 members (excludes halogenated alkanes) is 3. The Morgan fingerprint density at radius 3 is 2.32 bits per heavy atom. The maximum absolute atomic E-state index is 14.0. The summed E-state index contributed by atoms with van der Waals surface area (Å²) in [5.41, 5.74) is 4.19. The van der Waals surface area contributed by atoms with Crippen LogP contribution < -0.4 is 19.6 Å². The van der Waals surface area contributed by atoms with E-state index in [1.807, 2.05) is 68.4 Å². The van der Waals surface area contributed by atoms with Gasteiger partial charge in [0, 0.05) is 6.54 Å². The van der Waals surface area contributed by atoms with Crippen molar-refractivity contribution in [2.75, 3.05) is 20.8 Å². The Kier molecular flexibility index (Phi) is 8.34. The van der Waals surface area contributed by atoms with Crippen LogP contribution in [0.1, 0.15) is 77.0 Å². The number of hydrogen-bond acceptors (Lipinski definition) is 6. The molecule has 3 aromatic carbocycles. The summed E-state index contributed by atoms with van der Waals surface area (Å²) in [6, 6.07) is 16.2. The fourth-order valence-corrected chi connectivity index (χ4v) is 5.40. The van der Waals surface area contributed by atoms with Gasteiger partial charge in [-0.2, -0.15) is 0 Å². The zero-order chi connectivity index (χ0) is 29.1. The predicted molar refractivity (Wildman–Crippen MR) is 159 cm³/mol. The van der Waals surface area contributed by atoms with Gasteiger partial charge in [-0.15, -0.1) is 0 Å². The average molecular weight is 556 g/mol. The van der Waals surface area contributed by atoms with Crippen molar-refractivity contribution >= 4 is 16.9 Å². The summed E-state index contributed by atoms with van der Waals surface area (Å²) in [5.74, 6) is 1.67. The summed E-state index contributed by atoms with van der Waals surface area (Å²) in [5, 5.41) is 0.468. The maximum Gasteiger partial charge on any atom is 0.291 e. The van der Waals surface area contributed by atoms with Gasteiger partial charge in [0.2, 0.25) is 5.76 Å². The Hall–Kier alpha value is -4.26. The minimum absolute atomic E-state index is 0.0829. The van der Waals surface area contributed by atoms with Gasteiger partial charge in [0.15, 0.2) is 16.9 Å². The van der Waals surface area contributed by atoms with Gasteiger partial charge in [0.25, 0.3) is 5.91 Å². The van der Waals surface area contributed by atoms with E-state index in [0.29, 0.717) is 34.6 Å². The van der Waals surface area contributed by atoms with Crippen LogP contribution in [0.4, 0.5) is 0 Å². The molecule has 0 spiro atoms. The fraction of sp³-hybridized carbons (Fsp3) is 0.353. The monoisotopic (exact) mass is 555 g/mol. The first-order chi connectivity index (χ1) is 19.9. The summed E-state index contributed by atoms with van der Waals surface area (Å²) in [6.45, 7) is 6.98. The van der Waals surface area contributed by atoms with Crippen molar-refractivity contribution in [1.29, 1.82) is 0 Å². The van der Waals surface area contributed by atoms with Gasteiger partial charge in [-0.05, 0) is 78.9 Å². The third kappa shape index (κ3) is 5.53. The Bertz CT molecular complexity index is 1620. The SMILES string of the molecule is CCCCCCOc1ccc(C2c3c(oc4cc(C)c(C)cc4c3=O)C(=O)N2Cc2ccc(OC)cc2)cc1OC. The van der Waals surface area contributed by atoms with Crippen LogP contribution in [0.25, 0.3) is 11.0 Å². The molecule has 1 aliphatic rings. The summed E-state index contributed by atoms with van der Waals surface area (Å²) < 4.78 is 23.2. The van der Waals surface area contributed by atoms with Crippen LogP contribution in [0.2, 0.25) is 0 Å². The van der Waals surface area contributed by atoms with Crippen LogP contribution in [0, 0.1) is 13.8 Å². The number of hydrogen-bond donors (Lipinski definition) is 0. The number of nitrogens with zero attached hydrogens (tertiary/aromatic N) is 1. The number of amides is 1. The van der Waals surface area contributed by atoms with Crippen molar-refractivity contribution in [1.82, 2.24) is 4.90 Å². The summed E-state index contributed by atoms with van der Waals surface area (Å²) >= 11 is 0. The van der Waals surface area contributed by atoms with Crippen LogP contribution in [-0.2, 0) is 6.54 Å². The molecule has 0 saturated heterocycles. The van der Waals surface area contributed by atoms with Crippen molar-refractivity contribution < 1.29 is 23.4 Å². The number of benzene rings is 3. The highest BCUT2D eigenvalue weighted by Crippen LogP contribution is 2.42. The Morgan fingerprint density at radius 2 is 1.61 bits per heavy atom. The second-order valence-corrected chi connectivity index (χ2v) is 10.6. The molecule has 1 aromatic heterocycles. The molecule has 214 valence electrons. The number of carbonyl (C=O) groups is 1. The van der Waals surface area contributed by atoms with E-state index in [-0.39, 0.29) is 23.6 Å². The van der Waals surface area contributed by atoms with Crippen LogP contribution >= 0.6 is 0 Å². The molecule has 4 aromatic rings. The van der Waals surface area contributed by atoms with Crippen LogP contribution in [0.5, 0.6) is 17.2 Å². The molecular weight excluding hydrogens is 518 g/mol. The Morgan fingerprint density at radius 1 is 0.854 bits per heavy atom. The van der Waals surface area contributed by atoms with E-state index < -0.39 is 6.04 Å². The van der Waals surface area contributed by atoms with Crippen LogP contribution in [0.3, 0.4) is 0 Å². The first-order valence-corrected chi connectivity index (χ1v) is 14.2. The molecule has 1 unspecified atom stereocenters. The van der Waals surface area contributed by atoms with Crippen LogP contribution in [0.15, 0.2) is 63.8 Å². The number of fused-ring (bicyclic) bond motifs is 2. The summed E-state index contributed by atoms with van der Waals surface area (Å²) in [4.78, 5) is 29.6. The van der Waals surface area contributed by atoms with E-state index in [0.717, 1.165) is 47.3 Å². The largest absolute Gasteiger partial charge is 0.497 e. The van der Waals surface area contributed by atoms with Gasteiger partial charge in [-0.3, -0.25) is 9.59 Å². The molecule has 0 fully saturated rings. The first-order valence-electron chi connectivity index (χ1n) is 14.2. The molecule has 41 heavy (non-hydrogen) atoms. The third-order valence-electron chi connectivity index (χ3n) is 7.85. The standard InChI is InChI=1S/C34H37NO6/c1-6-7-8-9-16-40-27-15-12-24(19-29(27)39-5)31-30-32(36)26-17-21(2)22(3)18-28(26)41-33(30)34(37)35(31)20-23-10-13-25(38-4)14-11-23/h10-15,17-19,31H,6-9,16,20H2,1-5H3. The van der Waals surface area contributed by atoms with Crippen molar-refractivity contribution in [2.24, 2.45) is 0 Å². The topological polar surface area (TPSA) is 78.2 Å². The molecule has 0 bridgehead atoms. The zero-order valence-corrected chi connectivity index (χ0v) is 24.4. The van der Waals surface area contributed by atoms with Crippen molar-refractivity contribution in [3.8, 4) is 17.2 Å². The predicted octanol–water partition coefficient (Wildman–Crippen LogP) is 7.13. The van der Waals surface area contributed by atoms with Gasteiger partial charge in [-0.1, -0.05) is 44.4 Å². The minimum Gasteiger partial charge on any atom is -0.497 e. The van der Waals surface area contributed by atoms with E-state index in [9.17, 15) is 9.59 Å². The highest BCUT2D eigenvalue weighted by atomic mass is 16.5. The Labute approximate surface area is 240 Å². The lowest BCUT2D eigenvalue weighted by atomic mass is 9.97. The average Bonchev–Trinajstić information content (AvgIpc) is 3.25. The molecule has 0 saturated carbocycles. The van der Waals surface area contributed by atoms with Gasteiger partial charge >= 0.3 is 0 Å². The van der Waals surface area contributed by atoms with Gasteiger partial charge in [0.05, 0.1) is 37.8 Å². The number of rotatable bonds is 11. The lowest BCUT2D eigenvalue weighted by Crippen LogP contribution is -2.29. The molecule has 7 nitrogen and oxygen atoms in total. The van der Waals surface area contributed by atoms with Crippen molar-refractivity contribution in [3.63, 3.8) is 0 Å². The summed E-state index contributed by atoms with van der Waals surface area (Å²) in [7, 11) is 3.21. The van der Waals surface area contributed by atoms with E-state index in [4.69, 9.17) is 18.6 Å². The number of aryl methyl sites for hydroxylation is 2. The smallest absolute Gasteiger partial charge is 0.291 e. The second kappa shape index (κ2) is 12.1.